The van der Waals surface area contributed by atoms with E-state index in [1.165, 1.54) is 18.3 Å². The molecular weight excluding hydrogens is 338 g/mol. The predicted octanol–water partition coefficient (Wildman–Crippen LogP) is 3.42. The highest BCUT2D eigenvalue weighted by Crippen LogP contribution is 2.26. The third-order valence-corrected chi connectivity index (χ3v) is 4.53. The number of thiophene rings is 1. The maximum absolute atomic E-state index is 11.0. The Bertz CT molecular complexity index is 839. The van der Waals surface area contributed by atoms with E-state index in [0.29, 0.717) is 31.3 Å². The molecule has 0 saturated heterocycles. The second kappa shape index (κ2) is 7.94. The van der Waals surface area contributed by atoms with Gasteiger partial charge in [0.2, 0.25) is 17.6 Å². The molecule has 0 spiro atoms. The van der Waals surface area contributed by atoms with Crippen molar-refractivity contribution in [2.45, 2.75) is 26.8 Å². The summed E-state index contributed by atoms with van der Waals surface area (Å²) in [4.78, 5) is 17.4. The Morgan fingerprint density at radius 3 is 2.76 bits per heavy atom. The second-order valence-electron chi connectivity index (χ2n) is 5.44. The molecule has 0 radical (unpaired) electrons. The number of nitrogens with zero attached hydrogens (tertiary/aromatic N) is 2. The zero-order valence-electron chi connectivity index (χ0n) is 14.1. The number of carbonyl (C=O) groups excluding carboxylic acids is 1. The fraction of sp³-hybridized carbons (Fsp3) is 0.278. The number of hydrogen-bond donors (Lipinski definition) is 1. The number of ether oxygens (including phenoxy) is 1. The number of hydrogen-bond acceptors (Lipinski definition) is 6. The van der Waals surface area contributed by atoms with Gasteiger partial charge in [-0.3, -0.25) is 4.79 Å². The molecular formula is C18H19N3O3S. The van der Waals surface area contributed by atoms with Crippen LogP contribution in [0.5, 0.6) is 5.75 Å². The lowest BCUT2D eigenvalue weighted by molar-refractivity contribution is -0.119. The summed E-state index contributed by atoms with van der Waals surface area (Å²) in [5.74, 6) is 1.94. The molecule has 0 aliphatic rings. The lowest BCUT2D eigenvalue weighted by atomic mass is 10.1. The molecule has 7 heteroatoms. The number of amides is 1. The van der Waals surface area contributed by atoms with E-state index >= 15 is 0 Å². The quantitative estimate of drug-likeness (QED) is 0.701. The van der Waals surface area contributed by atoms with E-state index in [1.54, 1.807) is 0 Å². The molecule has 25 heavy (non-hydrogen) atoms. The van der Waals surface area contributed by atoms with Crippen molar-refractivity contribution >= 4 is 17.2 Å². The second-order valence-corrected chi connectivity index (χ2v) is 6.61. The minimum Gasteiger partial charge on any atom is -0.494 e. The van der Waals surface area contributed by atoms with Gasteiger partial charge in [0.15, 0.2) is 0 Å². The van der Waals surface area contributed by atoms with E-state index in [4.69, 9.17) is 9.26 Å². The molecule has 0 aliphatic heterocycles. The van der Waals surface area contributed by atoms with Crippen molar-refractivity contribution in [1.29, 1.82) is 0 Å². The standard InChI is InChI=1S/C18H19N3O3S/c1-3-23-14-6-4-13(5-7-14)10-17-20-18(21-24-17)16-9-8-15(25-16)11-19-12(2)22/h4-9H,3,10-11H2,1-2H3,(H,19,22). The van der Waals surface area contributed by atoms with Crippen LogP contribution in [0.15, 0.2) is 40.9 Å². The molecule has 3 rings (SSSR count). The van der Waals surface area contributed by atoms with Gasteiger partial charge in [-0.2, -0.15) is 4.98 Å². The van der Waals surface area contributed by atoms with Crippen LogP contribution in [0.25, 0.3) is 10.7 Å². The Kier molecular flexibility index (Phi) is 5.45. The lowest BCUT2D eigenvalue weighted by Gasteiger charge is -2.03. The summed E-state index contributed by atoms with van der Waals surface area (Å²) in [6, 6.07) is 11.7. The number of rotatable bonds is 7. The first-order valence-electron chi connectivity index (χ1n) is 8.02. The molecule has 1 amide bonds. The van der Waals surface area contributed by atoms with Crippen molar-refractivity contribution in [3.63, 3.8) is 0 Å². The first kappa shape index (κ1) is 17.2. The first-order chi connectivity index (χ1) is 12.1. The number of nitrogens with one attached hydrogen (secondary N) is 1. The van der Waals surface area contributed by atoms with Gasteiger partial charge < -0.3 is 14.6 Å². The van der Waals surface area contributed by atoms with Crippen LogP contribution in [0.1, 0.15) is 30.2 Å². The number of carbonyl (C=O) groups is 1. The highest BCUT2D eigenvalue weighted by atomic mass is 32.1. The topological polar surface area (TPSA) is 77.2 Å². The average Bonchev–Trinajstić information content (AvgIpc) is 3.24. The Labute approximate surface area is 149 Å². The van der Waals surface area contributed by atoms with Gasteiger partial charge in [-0.25, -0.2) is 0 Å². The van der Waals surface area contributed by atoms with Gasteiger partial charge in [0.1, 0.15) is 5.75 Å². The van der Waals surface area contributed by atoms with E-state index in [0.717, 1.165) is 21.1 Å². The molecule has 0 saturated carbocycles. The highest BCUT2D eigenvalue weighted by molar-refractivity contribution is 7.15. The molecule has 0 atom stereocenters. The van der Waals surface area contributed by atoms with Crippen molar-refractivity contribution in [3.8, 4) is 16.5 Å². The van der Waals surface area contributed by atoms with Crippen LogP contribution in [-0.2, 0) is 17.8 Å². The average molecular weight is 357 g/mol. The predicted molar refractivity (Wildman–Crippen MR) is 95.5 cm³/mol. The lowest BCUT2D eigenvalue weighted by Crippen LogP contribution is -2.17. The summed E-state index contributed by atoms with van der Waals surface area (Å²) in [6.07, 6.45) is 0.573. The van der Waals surface area contributed by atoms with Crippen LogP contribution in [0.2, 0.25) is 0 Å². The van der Waals surface area contributed by atoms with E-state index in [2.05, 4.69) is 15.5 Å². The van der Waals surface area contributed by atoms with Crippen molar-refractivity contribution < 1.29 is 14.1 Å². The largest absolute Gasteiger partial charge is 0.494 e. The molecule has 0 fully saturated rings. The third-order valence-electron chi connectivity index (χ3n) is 3.45. The molecule has 0 unspecified atom stereocenters. The molecule has 1 N–H and O–H groups in total. The maximum Gasteiger partial charge on any atom is 0.231 e. The van der Waals surface area contributed by atoms with Crippen LogP contribution in [-0.4, -0.2) is 22.7 Å². The van der Waals surface area contributed by atoms with Crippen LogP contribution in [0.4, 0.5) is 0 Å². The van der Waals surface area contributed by atoms with Crippen molar-refractivity contribution in [3.05, 3.63) is 52.7 Å². The minimum atomic E-state index is -0.0489. The van der Waals surface area contributed by atoms with Crippen LogP contribution in [0, 0.1) is 0 Å². The third kappa shape index (κ3) is 4.67. The maximum atomic E-state index is 11.0. The Morgan fingerprint density at radius 2 is 2.04 bits per heavy atom. The highest BCUT2D eigenvalue weighted by Gasteiger charge is 2.12. The van der Waals surface area contributed by atoms with Crippen molar-refractivity contribution in [2.24, 2.45) is 0 Å². The zero-order valence-corrected chi connectivity index (χ0v) is 14.9. The summed E-state index contributed by atoms with van der Waals surface area (Å²) in [6.45, 7) is 4.62. The summed E-state index contributed by atoms with van der Waals surface area (Å²) in [5.41, 5.74) is 1.08. The van der Waals surface area contributed by atoms with Crippen LogP contribution < -0.4 is 10.1 Å². The monoisotopic (exact) mass is 357 g/mol. The van der Waals surface area contributed by atoms with E-state index in [1.807, 2.05) is 43.3 Å². The fourth-order valence-corrected chi connectivity index (χ4v) is 3.15. The Balaban J connectivity index is 1.65. The van der Waals surface area contributed by atoms with Gasteiger partial charge >= 0.3 is 0 Å². The molecule has 1 aromatic carbocycles. The Morgan fingerprint density at radius 1 is 1.24 bits per heavy atom. The van der Waals surface area contributed by atoms with E-state index in [9.17, 15) is 4.79 Å². The van der Waals surface area contributed by atoms with Gasteiger partial charge in [-0.1, -0.05) is 17.3 Å². The van der Waals surface area contributed by atoms with Gasteiger partial charge in [0.05, 0.1) is 24.4 Å². The molecule has 3 aromatic rings. The zero-order chi connectivity index (χ0) is 17.6. The first-order valence-corrected chi connectivity index (χ1v) is 8.83. The summed E-state index contributed by atoms with van der Waals surface area (Å²) < 4.78 is 10.8. The summed E-state index contributed by atoms with van der Waals surface area (Å²) >= 11 is 1.54. The molecule has 0 bridgehead atoms. The molecule has 2 aromatic heterocycles. The van der Waals surface area contributed by atoms with Crippen LogP contribution >= 0.6 is 11.3 Å². The SMILES string of the molecule is CCOc1ccc(Cc2nc(-c3ccc(CNC(C)=O)s3)no2)cc1. The summed E-state index contributed by atoms with van der Waals surface area (Å²) in [7, 11) is 0. The smallest absolute Gasteiger partial charge is 0.231 e. The summed E-state index contributed by atoms with van der Waals surface area (Å²) in [5, 5.41) is 6.83. The van der Waals surface area contributed by atoms with Gasteiger partial charge in [0, 0.05) is 11.8 Å². The Hall–Kier alpha value is -2.67. The molecule has 6 nitrogen and oxygen atoms in total. The normalized spacial score (nSPS) is 10.6. The van der Waals surface area contributed by atoms with Crippen molar-refractivity contribution in [1.82, 2.24) is 15.5 Å². The van der Waals surface area contributed by atoms with Crippen molar-refractivity contribution in [2.75, 3.05) is 6.61 Å². The molecule has 130 valence electrons. The number of benzene rings is 1. The minimum absolute atomic E-state index is 0.0489. The van der Waals surface area contributed by atoms with Gasteiger partial charge in [-0.15, -0.1) is 11.3 Å². The van der Waals surface area contributed by atoms with Gasteiger partial charge in [-0.05, 0) is 36.8 Å². The number of aromatic nitrogens is 2. The molecule has 2 heterocycles. The van der Waals surface area contributed by atoms with E-state index < -0.39 is 0 Å². The fourth-order valence-electron chi connectivity index (χ4n) is 2.28. The molecule has 0 aliphatic carbocycles. The van der Waals surface area contributed by atoms with Gasteiger partial charge in [0.25, 0.3) is 0 Å². The van der Waals surface area contributed by atoms with Crippen LogP contribution in [0.3, 0.4) is 0 Å². The van der Waals surface area contributed by atoms with E-state index in [-0.39, 0.29) is 5.91 Å².